The molecule has 0 saturated heterocycles. The number of benzene rings is 2. The van der Waals surface area contributed by atoms with Crippen LogP contribution in [0.2, 0.25) is 0 Å². The molecule has 6 heteroatoms. The van der Waals surface area contributed by atoms with Crippen molar-refractivity contribution in [1.29, 1.82) is 0 Å². The summed E-state index contributed by atoms with van der Waals surface area (Å²) in [5.74, 6) is 1.03. The number of nitrogens with zero attached hydrogens (tertiary/aromatic N) is 3. The Balaban J connectivity index is 1.76. The number of anilines is 2. The van der Waals surface area contributed by atoms with Crippen LogP contribution in [0.25, 0.3) is 11.4 Å². The molecule has 0 amide bonds. The minimum absolute atomic E-state index is 0.0848. The van der Waals surface area contributed by atoms with E-state index in [1.807, 2.05) is 42.5 Å². The first-order valence-corrected chi connectivity index (χ1v) is 7.75. The van der Waals surface area contributed by atoms with Gasteiger partial charge in [-0.1, -0.05) is 54.6 Å². The van der Waals surface area contributed by atoms with Crippen LogP contribution in [0.4, 0.5) is 11.9 Å². The first-order chi connectivity index (χ1) is 11.8. The van der Waals surface area contributed by atoms with E-state index in [0.29, 0.717) is 18.3 Å². The zero-order valence-electron chi connectivity index (χ0n) is 13.2. The average Bonchev–Trinajstić information content (AvgIpc) is 2.62. The summed E-state index contributed by atoms with van der Waals surface area (Å²) in [6.45, 7) is 0.604. The van der Waals surface area contributed by atoms with Crippen molar-refractivity contribution in [1.82, 2.24) is 15.0 Å². The number of nitrogen functional groups attached to an aromatic ring is 1. The maximum atomic E-state index is 9.47. The van der Waals surface area contributed by atoms with E-state index in [4.69, 9.17) is 5.73 Å². The fourth-order valence-electron chi connectivity index (χ4n) is 2.43. The van der Waals surface area contributed by atoms with E-state index >= 15 is 0 Å². The van der Waals surface area contributed by atoms with E-state index < -0.39 is 0 Å². The number of hydrogen-bond donors (Lipinski definition) is 3. The van der Waals surface area contributed by atoms with Gasteiger partial charge in [-0.15, -0.1) is 0 Å². The van der Waals surface area contributed by atoms with Gasteiger partial charge in [0.2, 0.25) is 11.9 Å². The monoisotopic (exact) mass is 321 g/mol. The van der Waals surface area contributed by atoms with Crippen LogP contribution in [0.1, 0.15) is 11.1 Å². The number of aliphatic hydroxyl groups excluding tert-OH is 1. The molecule has 4 N–H and O–H groups in total. The van der Waals surface area contributed by atoms with Crippen LogP contribution in [-0.4, -0.2) is 26.6 Å². The molecule has 0 aliphatic heterocycles. The van der Waals surface area contributed by atoms with Crippen LogP contribution >= 0.6 is 0 Å². The third-order valence-electron chi connectivity index (χ3n) is 3.62. The molecule has 3 aromatic rings. The number of nitrogens with one attached hydrogen (secondary N) is 1. The summed E-state index contributed by atoms with van der Waals surface area (Å²) in [7, 11) is 0. The molecule has 1 aromatic heterocycles. The number of rotatable bonds is 6. The van der Waals surface area contributed by atoms with E-state index in [1.165, 1.54) is 5.56 Å². The van der Waals surface area contributed by atoms with Crippen LogP contribution in [0.15, 0.2) is 54.6 Å². The lowest BCUT2D eigenvalue weighted by atomic mass is 10.1. The Morgan fingerprint density at radius 3 is 2.46 bits per heavy atom. The Hall–Kier alpha value is -2.99. The molecule has 0 aliphatic rings. The normalized spacial score (nSPS) is 10.5. The molecule has 0 saturated carbocycles. The molecule has 0 atom stereocenters. The summed E-state index contributed by atoms with van der Waals surface area (Å²) in [5.41, 5.74) is 8.54. The highest BCUT2D eigenvalue weighted by Gasteiger charge is 2.10. The van der Waals surface area contributed by atoms with Gasteiger partial charge in [0.1, 0.15) is 0 Å². The summed E-state index contributed by atoms with van der Waals surface area (Å²) in [6, 6.07) is 17.6. The van der Waals surface area contributed by atoms with Crippen molar-refractivity contribution >= 4 is 11.9 Å². The lowest BCUT2D eigenvalue weighted by molar-refractivity contribution is 0.282. The first-order valence-electron chi connectivity index (χ1n) is 7.75. The second kappa shape index (κ2) is 7.52. The van der Waals surface area contributed by atoms with Gasteiger partial charge in [0.25, 0.3) is 0 Å². The van der Waals surface area contributed by atoms with E-state index in [0.717, 1.165) is 17.5 Å². The van der Waals surface area contributed by atoms with Gasteiger partial charge in [-0.2, -0.15) is 15.0 Å². The Kier molecular flexibility index (Phi) is 4.98. The largest absolute Gasteiger partial charge is 0.392 e. The van der Waals surface area contributed by atoms with Crippen LogP contribution in [-0.2, 0) is 13.0 Å². The molecule has 0 bridgehead atoms. The highest BCUT2D eigenvalue weighted by atomic mass is 16.3. The van der Waals surface area contributed by atoms with Gasteiger partial charge in [-0.3, -0.25) is 0 Å². The predicted octanol–water partition coefficient (Wildman–Crippen LogP) is 2.27. The average molecular weight is 321 g/mol. The molecule has 0 fully saturated rings. The summed E-state index contributed by atoms with van der Waals surface area (Å²) < 4.78 is 0. The van der Waals surface area contributed by atoms with Gasteiger partial charge < -0.3 is 16.2 Å². The fraction of sp³-hybridized carbons (Fsp3) is 0.167. The molecule has 0 aliphatic carbocycles. The van der Waals surface area contributed by atoms with E-state index in [-0.39, 0.29) is 12.6 Å². The topological polar surface area (TPSA) is 97.0 Å². The number of nitrogens with two attached hydrogens (primary N) is 1. The maximum absolute atomic E-state index is 9.47. The minimum Gasteiger partial charge on any atom is -0.392 e. The predicted molar refractivity (Wildman–Crippen MR) is 94.2 cm³/mol. The second-order valence-corrected chi connectivity index (χ2v) is 5.32. The van der Waals surface area contributed by atoms with E-state index in [1.54, 1.807) is 0 Å². The Labute approximate surface area is 140 Å². The molecule has 0 unspecified atom stereocenters. The van der Waals surface area contributed by atoms with Gasteiger partial charge in [0.05, 0.1) is 6.61 Å². The quantitative estimate of drug-likeness (QED) is 0.644. The summed E-state index contributed by atoms with van der Waals surface area (Å²) in [5, 5.41) is 12.6. The molecule has 0 radical (unpaired) electrons. The summed E-state index contributed by atoms with van der Waals surface area (Å²) in [4.78, 5) is 12.7. The Morgan fingerprint density at radius 2 is 1.67 bits per heavy atom. The van der Waals surface area contributed by atoms with Crippen molar-refractivity contribution < 1.29 is 5.11 Å². The number of hydrogen-bond acceptors (Lipinski definition) is 6. The van der Waals surface area contributed by atoms with Crippen LogP contribution in [0.3, 0.4) is 0 Å². The molecule has 1 heterocycles. The van der Waals surface area contributed by atoms with Gasteiger partial charge in [-0.05, 0) is 17.5 Å². The molecular formula is C18H19N5O. The van der Waals surface area contributed by atoms with Crippen molar-refractivity contribution in [3.63, 3.8) is 0 Å². The van der Waals surface area contributed by atoms with Crippen LogP contribution in [0.5, 0.6) is 0 Å². The smallest absolute Gasteiger partial charge is 0.228 e. The lowest BCUT2D eigenvalue weighted by Gasteiger charge is -2.09. The van der Waals surface area contributed by atoms with Crippen molar-refractivity contribution in [2.24, 2.45) is 0 Å². The first kappa shape index (κ1) is 15.9. The van der Waals surface area contributed by atoms with Gasteiger partial charge in [0.15, 0.2) is 5.82 Å². The zero-order valence-corrected chi connectivity index (χ0v) is 13.2. The van der Waals surface area contributed by atoms with Crippen LogP contribution in [0, 0.1) is 0 Å². The van der Waals surface area contributed by atoms with Crippen molar-refractivity contribution in [2.45, 2.75) is 13.0 Å². The number of aromatic nitrogens is 3. The number of aliphatic hydroxyl groups is 1. The highest BCUT2D eigenvalue weighted by molar-refractivity contribution is 5.62. The molecule has 0 spiro atoms. The zero-order chi connectivity index (χ0) is 16.8. The fourth-order valence-corrected chi connectivity index (χ4v) is 2.43. The standard InChI is InChI=1S/C18H19N5O/c19-17-21-16(15-9-5-4-8-14(15)12-24)22-18(23-17)20-11-10-13-6-2-1-3-7-13/h1-9,24H,10-12H2,(H3,19,20,21,22,23). The molecule has 3 rings (SSSR count). The van der Waals surface area contributed by atoms with Gasteiger partial charge in [-0.25, -0.2) is 0 Å². The second-order valence-electron chi connectivity index (χ2n) is 5.32. The maximum Gasteiger partial charge on any atom is 0.228 e. The van der Waals surface area contributed by atoms with Crippen molar-refractivity contribution in [3.8, 4) is 11.4 Å². The Bertz CT molecular complexity index is 808. The molecule has 6 nitrogen and oxygen atoms in total. The third kappa shape index (κ3) is 3.85. The molecule has 122 valence electrons. The summed E-state index contributed by atoms with van der Waals surface area (Å²) in [6.07, 6.45) is 0.856. The van der Waals surface area contributed by atoms with Crippen molar-refractivity contribution in [3.05, 3.63) is 65.7 Å². The Morgan fingerprint density at radius 1 is 0.917 bits per heavy atom. The molecular weight excluding hydrogens is 302 g/mol. The van der Waals surface area contributed by atoms with E-state index in [9.17, 15) is 5.11 Å². The van der Waals surface area contributed by atoms with E-state index in [2.05, 4.69) is 32.4 Å². The molecule has 2 aromatic carbocycles. The third-order valence-corrected chi connectivity index (χ3v) is 3.62. The highest BCUT2D eigenvalue weighted by Crippen LogP contribution is 2.21. The molecule has 24 heavy (non-hydrogen) atoms. The van der Waals surface area contributed by atoms with Gasteiger partial charge in [0, 0.05) is 12.1 Å². The van der Waals surface area contributed by atoms with Crippen LogP contribution < -0.4 is 11.1 Å². The van der Waals surface area contributed by atoms with Crippen molar-refractivity contribution in [2.75, 3.05) is 17.6 Å². The van der Waals surface area contributed by atoms with Gasteiger partial charge >= 0.3 is 0 Å². The minimum atomic E-state index is -0.0848. The summed E-state index contributed by atoms with van der Waals surface area (Å²) >= 11 is 0. The SMILES string of the molecule is Nc1nc(NCCc2ccccc2)nc(-c2ccccc2CO)n1. The lowest BCUT2D eigenvalue weighted by Crippen LogP contribution is -2.11.